The molecule has 2 aromatic carbocycles. The number of anilines is 2. The fourth-order valence-corrected chi connectivity index (χ4v) is 16.5. The van der Waals surface area contributed by atoms with Gasteiger partial charge in [-0.3, -0.25) is 24.3 Å². The number of ether oxygens (including phenoxy) is 2. The number of piperazine rings is 1. The third kappa shape index (κ3) is 13.2. The molecule has 0 unspecified atom stereocenters. The molecule has 4 N–H and O–H groups in total. The molecule has 3 aromatic heterocycles. The molecule has 5 aromatic rings. The van der Waals surface area contributed by atoms with E-state index in [1.165, 1.54) is 16.1 Å². The van der Waals surface area contributed by atoms with E-state index in [0.29, 0.717) is 87.5 Å². The molecular formula is C56H73N11O10S3. The monoisotopic (exact) mass is 1160 g/mol. The topological polar surface area (TPSA) is 249 Å². The van der Waals surface area contributed by atoms with Crippen LogP contribution in [0.4, 0.5) is 16.3 Å². The number of likely N-dealkylation sites (tertiary alicyclic amines) is 2. The van der Waals surface area contributed by atoms with Gasteiger partial charge in [-0.1, -0.05) is 50.2 Å². The Morgan fingerprint density at radius 2 is 1.74 bits per heavy atom. The summed E-state index contributed by atoms with van der Waals surface area (Å²) < 4.78 is 42.1. The third-order valence-corrected chi connectivity index (χ3v) is 20.4. The van der Waals surface area contributed by atoms with E-state index in [2.05, 4.69) is 45.7 Å². The van der Waals surface area contributed by atoms with Gasteiger partial charge in [-0.15, -0.1) is 21.5 Å². The van der Waals surface area contributed by atoms with E-state index in [9.17, 15) is 33.0 Å². The summed E-state index contributed by atoms with van der Waals surface area (Å²) in [7, 11) is -2.55. The summed E-state index contributed by atoms with van der Waals surface area (Å²) in [5, 5.41) is 41.1. The lowest BCUT2D eigenvalue weighted by molar-refractivity contribution is -0.141. The van der Waals surface area contributed by atoms with Gasteiger partial charge in [0.15, 0.2) is 20.4 Å². The highest BCUT2D eigenvalue weighted by atomic mass is 33.1. The van der Waals surface area contributed by atoms with Crippen LogP contribution in [-0.2, 0) is 23.2 Å². The van der Waals surface area contributed by atoms with Crippen molar-refractivity contribution in [2.45, 2.75) is 94.7 Å². The number of amides is 3. The first-order valence-corrected chi connectivity index (χ1v) is 31.8. The maximum atomic E-state index is 14.3. The minimum Gasteiger partial charge on any atom is -0.507 e. The quantitative estimate of drug-likeness (QED) is 0.0746. The lowest BCUT2D eigenvalue weighted by atomic mass is 9.91. The maximum Gasteiger partial charge on any atom is 0.415 e. The SMILES string of the molecule is Cc1ncsc1-c1ccc([C@H](C)NC(=O)[C@@H]2C[C@@H](O)CN2C(=O)[C@@H](c2cc(OCCN3CCC(CN4CCN5c6cc(-c7ccccc7O)nnc6N(C(=O)OCC6(SS(C)(=O)=O)CCNCC6)C[C@H]5C4)CC3)no2)C(C)C)cc1. The van der Waals surface area contributed by atoms with E-state index in [1.54, 1.807) is 35.6 Å². The van der Waals surface area contributed by atoms with Crippen LogP contribution in [0.2, 0.25) is 0 Å². The lowest BCUT2D eigenvalue weighted by Gasteiger charge is -2.48. The Hall–Kier alpha value is -5.89. The zero-order chi connectivity index (χ0) is 56.3. The molecule has 24 heteroatoms. The molecule has 0 saturated carbocycles. The van der Waals surface area contributed by atoms with Crippen molar-refractivity contribution in [1.29, 1.82) is 0 Å². The molecule has 0 radical (unpaired) electrons. The summed E-state index contributed by atoms with van der Waals surface area (Å²) in [6.07, 6.45) is 2.96. The molecule has 0 spiro atoms. The van der Waals surface area contributed by atoms with Crippen LogP contribution in [0.5, 0.6) is 11.6 Å². The van der Waals surface area contributed by atoms with Gasteiger partial charge in [0.1, 0.15) is 30.9 Å². The number of β-amino-alcohol motifs (C(OH)–C–C–N with tert-alkyl or cyclic N) is 1. The third-order valence-electron chi connectivity index (χ3n) is 16.3. The van der Waals surface area contributed by atoms with Gasteiger partial charge < -0.3 is 44.6 Å². The van der Waals surface area contributed by atoms with Crippen molar-refractivity contribution in [2.75, 3.05) is 101 Å². The number of piperidine rings is 2. The highest BCUT2D eigenvalue weighted by Gasteiger charge is 2.45. The Labute approximate surface area is 475 Å². The molecule has 5 aliphatic rings. The Bertz CT molecular complexity index is 3090. The number of aliphatic hydroxyl groups excluding tert-OH is 1. The highest BCUT2D eigenvalue weighted by molar-refractivity contribution is 8.72. The molecule has 0 aliphatic carbocycles. The van der Waals surface area contributed by atoms with Crippen LogP contribution in [0.3, 0.4) is 0 Å². The number of benzene rings is 2. The van der Waals surface area contributed by atoms with Crippen molar-refractivity contribution in [2.24, 2.45) is 11.8 Å². The van der Waals surface area contributed by atoms with E-state index in [-0.39, 0.29) is 61.0 Å². The van der Waals surface area contributed by atoms with Crippen molar-refractivity contribution in [1.82, 2.24) is 45.7 Å². The molecule has 0 bridgehead atoms. The number of carbonyl (C=O) groups is 3. The minimum atomic E-state index is -3.42. The number of nitrogens with zero attached hydrogens (tertiary/aromatic N) is 9. The number of para-hydroxylation sites is 1. The van der Waals surface area contributed by atoms with Crippen LogP contribution in [0, 0.1) is 18.8 Å². The van der Waals surface area contributed by atoms with E-state index >= 15 is 0 Å². The van der Waals surface area contributed by atoms with Gasteiger partial charge >= 0.3 is 6.09 Å². The molecule has 5 atom stereocenters. The van der Waals surface area contributed by atoms with E-state index < -0.39 is 37.8 Å². The molecule has 21 nitrogen and oxygen atoms in total. The standard InChI is InChI=1S/C56H73N11O10S3/c1-35(2)50(54(71)66-32-42(68)26-46(66)53(70)59-36(3)39-10-12-40(13-11-39)51-37(4)58-34-78-51)48-28-49(62-77-48)75-25-24-63-20-14-38(15-21-63)29-64-22-23-65-41(30-64)31-67(52-45(65)27-44(60-61-52)43-8-6-7-9-47(43)69)55(72)76-33-56(79-80(5,73)74)16-18-57-19-17-56/h6-13,27-28,34-36,38,41-42,46,50,57,68-69H,14-26,29-33H2,1-5H3,(H,59,70)/t36-,41+,42+,46-,50+/m0/s1. The van der Waals surface area contributed by atoms with Crippen molar-refractivity contribution in [3.05, 3.63) is 83.2 Å². The predicted molar refractivity (Wildman–Crippen MR) is 306 cm³/mol. The summed E-state index contributed by atoms with van der Waals surface area (Å²) in [6.45, 7) is 15.2. The second-order valence-corrected chi connectivity index (χ2v) is 28.0. The fourth-order valence-electron chi connectivity index (χ4n) is 12.0. The minimum absolute atomic E-state index is 0.0333. The average molecular weight is 1160 g/mol. The molecular weight excluding hydrogens is 1080 g/mol. The number of fused-ring (bicyclic) bond motifs is 3. The number of aryl methyl sites for hydroxylation is 1. The van der Waals surface area contributed by atoms with E-state index in [0.717, 1.165) is 77.2 Å². The molecule has 10 rings (SSSR count). The summed E-state index contributed by atoms with van der Waals surface area (Å²) in [6, 6.07) is 17.2. The number of hydrogen-bond donors (Lipinski definition) is 4. The largest absolute Gasteiger partial charge is 0.507 e. The van der Waals surface area contributed by atoms with Gasteiger partial charge in [-0.2, -0.15) is 0 Å². The van der Waals surface area contributed by atoms with E-state index in [4.69, 9.17) is 14.0 Å². The van der Waals surface area contributed by atoms with Gasteiger partial charge in [-0.25, -0.2) is 18.2 Å². The number of aromatic nitrogens is 4. The number of aliphatic hydroxyl groups is 1. The summed E-state index contributed by atoms with van der Waals surface area (Å²) in [5.74, 6) is -0.0638. The number of carbonyl (C=O) groups excluding carboxylic acids is 3. The van der Waals surface area contributed by atoms with Crippen molar-refractivity contribution >= 4 is 60.4 Å². The average Bonchev–Trinajstić information content (AvgIpc) is 4.21. The van der Waals surface area contributed by atoms with Crippen LogP contribution in [0.1, 0.15) is 81.9 Å². The second kappa shape index (κ2) is 24.7. The number of phenolic OH excluding ortho intramolecular Hbond substituents is 1. The zero-order valence-electron chi connectivity index (χ0n) is 46.0. The van der Waals surface area contributed by atoms with Crippen LogP contribution in [-0.4, -0.2) is 186 Å². The number of nitrogens with one attached hydrogen (secondary N) is 2. The first-order chi connectivity index (χ1) is 38.4. The number of thiazole rings is 1. The second-order valence-electron chi connectivity index (χ2n) is 22.4. The summed E-state index contributed by atoms with van der Waals surface area (Å²) in [5.41, 5.74) is 6.51. The first kappa shape index (κ1) is 57.3. The molecule has 4 saturated heterocycles. The van der Waals surface area contributed by atoms with E-state index in [1.807, 2.05) is 69.6 Å². The Morgan fingerprint density at radius 1 is 0.975 bits per heavy atom. The lowest BCUT2D eigenvalue weighted by Crippen LogP contribution is -2.61. The Morgan fingerprint density at radius 3 is 2.45 bits per heavy atom. The molecule has 3 amide bonds. The van der Waals surface area contributed by atoms with Gasteiger partial charge in [0.05, 0.1) is 56.9 Å². The van der Waals surface area contributed by atoms with Crippen molar-refractivity contribution in [3.63, 3.8) is 0 Å². The Kier molecular flexibility index (Phi) is 17.7. The molecule has 5 aliphatic heterocycles. The zero-order valence-corrected chi connectivity index (χ0v) is 48.5. The molecule has 80 heavy (non-hydrogen) atoms. The molecule has 4 fully saturated rings. The first-order valence-electron chi connectivity index (χ1n) is 27.7. The van der Waals surface area contributed by atoms with Crippen molar-refractivity contribution < 1.29 is 47.0 Å². The van der Waals surface area contributed by atoms with Crippen molar-refractivity contribution in [3.8, 4) is 33.3 Å². The number of phenols is 1. The normalized spacial score (nSPS) is 21.7. The van der Waals surface area contributed by atoms with Crippen LogP contribution < -0.4 is 25.2 Å². The number of aromatic hydroxyl groups is 1. The van der Waals surface area contributed by atoms with Crippen LogP contribution in [0.25, 0.3) is 21.7 Å². The smallest absolute Gasteiger partial charge is 0.415 e. The summed E-state index contributed by atoms with van der Waals surface area (Å²) in [4.78, 5) is 57.9. The van der Waals surface area contributed by atoms with Gasteiger partial charge in [-0.05, 0) is 123 Å². The van der Waals surface area contributed by atoms with Gasteiger partial charge in [0.2, 0.25) is 11.8 Å². The Balaban J connectivity index is 0.710. The van der Waals surface area contributed by atoms with Gasteiger partial charge in [0, 0.05) is 63.6 Å². The molecule has 8 heterocycles. The number of hydrogen-bond acceptors (Lipinski definition) is 20. The van der Waals surface area contributed by atoms with Gasteiger partial charge in [0.25, 0.3) is 5.88 Å². The summed E-state index contributed by atoms with van der Waals surface area (Å²) >= 11 is 1.58. The fraction of sp³-hybridized carbons (Fsp3) is 0.554. The van der Waals surface area contributed by atoms with Crippen LogP contribution >= 0.6 is 22.1 Å². The number of rotatable bonds is 18. The predicted octanol–water partition coefficient (Wildman–Crippen LogP) is 5.90. The highest BCUT2D eigenvalue weighted by Crippen LogP contribution is 2.42. The maximum absolute atomic E-state index is 14.3. The van der Waals surface area contributed by atoms with Crippen LogP contribution in [0.15, 0.2) is 70.7 Å². The molecule has 430 valence electrons.